The van der Waals surface area contributed by atoms with Gasteiger partial charge in [-0.05, 0) is 33.0 Å². The maximum absolute atomic E-state index is 11.6. The van der Waals surface area contributed by atoms with Gasteiger partial charge in [0.1, 0.15) is 24.1 Å². The number of likely N-dealkylation sites (N-methyl/N-ethyl adjacent to an activating group) is 1. The number of nitrogens with one attached hydrogen (secondary N) is 1. The van der Waals surface area contributed by atoms with Crippen molar-refractivity contribution < 1.29 is 19.0 Å². The third-order valence-corrected chi connectivity index (χ3v) is 2.45. The van der Waals surface area contributed by atoms with Crippen molar-refractivity contribution in [2.24, 2.45) is 0 Å². The normalized spacial score (nSPS) is 11.7. The molecule has 0 radical (unpaired) electrons. The molecule has 0 fully saturated rings. The van der Waals surface area contributed by atoms with Crippen molar-refractivity contribution in [1.29, 1.82) is 0 Å². The Labute approximate surface area is 113 Å². The number of carbonyl (C=O) groups is 1. The summed E-state index contributed by atoms with van der Waals surface area (Å²) in [5, 5.41) is 2.87. The molecule has 5 nitrogen and oxygen atoms in total. The highest BCUT2D eigenvalue weighted by molar-refractivity contribution is 5.75. The molecule has 5 heteroatoms. The lowest BCUT2D eigenvalue weighted by atomic mass is 10.3. The average Bonchev–Trinajstić information content (AvgIpc) is 2.40. The van der Waals surface area contributed by atoms with Crippen molar-refractivity contribution >= 4 is 5.97 Å². The summed E-state index contributed by atoms with van der Waals surface area (Å²) in [6.45, 7) is 4.87. The van der Waals surface area contributed by atoms with E-state index in [-0.39, 0.29) is 12.6 Å². The summed E-state index contributed by atoms with van der Waals surface area (Å²) in [7, 11) is 1.70. The largest absolute Gasteiger partial charge is 0.494 e. The van der Waals surface area contributed by atoms with Crippen LogP contribution in [0.4, 0.5) is 0 Å². The highest BCUT2D eigenvalue weighted by Gasteiger charge is 2.18. The van der Waals surface area contributed by atoms with Gasteiger partial charge in [-0.25, -0.2) is 0 Å². The molecule has 0 amide bonds. The standard InChI is InChI=1S/C14H21NO4/c1-4-17-11-7-6-8-12(9-11)19-10-13(15-3)14(16)18-5-2/h6-9,13,15H,4-5,10H2,1-3H3. The van der Waals surface area contributed by atoms with Crippen molar-refractivity contribution in [3.05, 3.63) is 24.3 Å². The van der Waals surface area contributed by atoms with Gasteiger partial charge < -0.3 is 19.5 Å². The topological polar surface area (TPSA) is 56.8 Å². The van der Waals surface area contributed by atoms with Gasteiger partial charge in [-0.1, -0.05) is 6.07 Å². The van der Waals surface area contributed by atoms with E-state index in [4.69, 9.17) is 14.2 Å². The Kier molecular flexibility index (Phi) is 6.74. The molecular weight excluding hydrogens is 246 g/mol. The lowest BCUT2D eigenvalue weighted by molar-refractivity contribution is -0.146. The Bertz CT molecular complexity index is 395. The molecule has 1 rings (SSSR count). The zero-order valence-corrected chi connectivity index (χ0v) is 11.6. The first-order valence-corrected chi connectivity index (χ1v) is 6.40. The molecule has 0 aromatic heterocycles. The predicted octanol–water partition coefficient (Wildman–Crippen LogP) is 1.62. The molecule has 1 aromatic carbocycles. The number of rotatable bonds is 8. The third-order valence-electron chi connectivity index (χ3n) is 2.45. The maximum Gasteiger partial charge on any atom is 0.326 e. The molecule has 0 heterocycles. The molecule has 0 saturated carbocycles. The summed E-state index contributed by atoms with van der Waals surface area (Å²) in [5.74, 6) is 1.10. The summed E-state index contributed by atoms with van der Waals surface area (Å²) < 4.78 is 15.9. The summed E-state index contributed by atoms with van der Waals surface area (Å²) in [6.07, 6.45) is 0. The van der Waals surface area contributed by atoms with Gasteiger partial charge in [0.2, 0.25) is 0 Å². The Balaban J connectivity index is 2.54. The first kappa shape index (κ1) is 15.3. The molecule has 106 valence electrons. The van der Waals surface area contributed by atoms with Crippen LogP contribution in [-0.2, 0) is 9.53 Å². The van der Waals surface area contributed by atoms with Crippen LogP contribution in [0.3, 0.4) is 0 Å². The molecule has 0 saturated heterocycles. The van der Waals surface area contributed by atoms with Crippen LogP contribution in [0, 0.1) is 0 Å². The highest BCUT2D eigenvalue weighted by atomic mass is 16.5. The third kappa shape index (κ3) is 5.18. The van der Waals surface area contributed by atoms with E-state index in [1.165, 1.54) is 0 Å². The van der Waals surface area contributed by atoms with Crippen molar-refractivity contribution in [3.63, 3.8) is 0 Å². The SMILES string of the molecule is CCOC(=O)C(COc1cccc(OCC)c1)NC. The van der Waals surface area contributed by atoms with E-state index >= 15 is 0 Å². The van der Waals surface area contributed by atoms with Gasteiger partial charge in [-0.2, -0.15) is 0 Å². The minimum Gasteiger partial charge on any atom is -0.494 e. The smallest absolute Gasteiger partial charge is 0.326 e. The van der Waals surface area contributed by atoms with Crippen LogP contribution >= 0.6 is 0 Å². The first-order valence-electron chi connectivity index (χ1n) is 6.40. The molecule has 0 aliphatic rings. The second-order valence-corrected chi connectivity index (χ2v) is 3.81. The van der Waals surface area contributed by atoms with E-state index in [1.54, 1.807) is 20.0 Å². The van der Waals surface area contributed by atoms with Crippen molar-refractivity contribution in [2.45, 2.75) is 19.9 Å². The first-order chi connectivity index (χ1) is 9.21. The number of carbonyl (C=O) groups excluding carboxylic acids is 1. The van der Waals surface area contributed by atoms with Crippen LogP contribution in [-0.4, -0.2) is 38.9 Å². The number of hydrogen-bond donors (Lipinski definition) is 1. The Morgan fingerprint density at radius 3 is 2.47 bits per heavy atom. The quantitative estimate of drug-likeness (QED) is 0.725. The van der Waals surface area contributed by atoms with E-state index in [0.717, 1.165) is 5.75 Å². The van der Waals surface area contributed by atoms with Gasteiger partial charge in [0.15, 0.2) is 0 Å². The van der Waals surface area contributed by atoms with Gasteiger partial charge in [0.05, 0.1) is 13.2 Å². The fraction of sp³-hybridized carbons (Fsp3) is 0.500. The zero-order chi connectivity index (χ0) is 14.1. The van der Waals surface area contributed by atoms with Crippen molar-refractivity contribution in [2.75, 3.05) is 26.9 Å². The van der Waals surface area contributed by atoms with E-state index in [2.05, 4.69) is 5.32 Å². The van der Waals surface area contributed by atoms with Crippen LogP contribution in [0.1, 0.15) is 13.8 Å². The van der Waals surface area contributed by atoms with Crippen molar-refractivity contribution in [1.82, 2.24) is 5.32 Å². The minimum atomic E-state index is -0.476. The highest BCUT2D eigenvalue weighted by Crippen LogP contribution is 2.19. The molecule has 0 bridgehead atoms. The molecule has 0 spiro atoms. The van der Waals surface area contributed by atoms with E-state index in [9.17, 15) is 4.79 Å². The van der Waals surface area contributed by atoms with E-state index < -0.39 is 6.04 Å². The molecule has 19 heavy (non-hydrogen) atoms. The van der Waals surface area contributed by atoms with E-state index in [1.807, 2.05) is 25.1 Å². The molecule has 1 aromatic rings. The lowest BCUT2D eigenvalue weighted by Crippen LogP contribution is -2.40. The number of hydrogen-bond acceptors (Lipinski definition) is 5. The minimum absolute atomic E-state index is 0.213. The van der Waals surface area contributed by atoms with E-state index in [0.29, 0.717) is 19.0 Å². The fourth-order valence-corrected chi connectivity index (χ4v) is 1.51. The van der Waals surface area contributed by atoms with Crippen LogP contribution in [0.25, 0.3) is 0 Å². The molecule has 1 atom stereocenters. The summed E-state index contributed by atoms with van der Waals surface area (Å²) in [6, 6.07) is 6.84. The molecular formula is C14H21NO4. The van der Waals surface area contributed by atoms with Gasteiger partial charge >= 0.3 is 5.97 Å². The zero-order valence-electron chi connectivity index (χ0n) is 11.6. The molecule has 0 aliphatic heterocycles. The summed E-state index contributed by atoms with van der Waals surface area (Å²) in [4.78, 5) is 11.6. The Morgan fingerprint density at radius 2 is 1.89 bits per heavy atom. The van der Waals surface area contributed by atoms with Gasteiger partial charge in [-0.15, -0.1) is 0 Å². The lowest BCUT2D eigenvalue weighted by Gasteiger charge is -2.15. The average molecular weight is 267 g/mol. The van der Waals surface area contributed by atoms with Crippen LogP contribution < -0.4 is 14.8 Å². The second kappa shape index (κ2) is 8.37. The van der Waals surface area contributed by atoms with Gasteiger partial charge in [0.25, 0.3) is 0 Å². The molecule has 1 unspecified atom stereocenters. The van der Waals surface area contributed by atoms with Crippen LogP contribution in [0.5, 0.6) is 11.5 Å². The Morgan fingerprint density at radius 1 is 1.21 bits per heavy atom. The van der Waals surface area contributed by atoms with Crippen molar-refractivity contribution in [3.8, 4) is 11.5 Å². The summed E-state index contributed by atoms with van der Waals surface area (Å²) in [5.41, 5.74) is 0. The van der Waals surface area contributed by atoms with Crippen LogP contribution in [0.2, 0.25) is 0 Å². The van der Waals surface area contributed by atoms with Gasteiger partial charge in [0, 0.05) is 6.07 Å². The molecule has 1 N–H and O–H groups in total. The number of benzene rings is 1. The maximum atomic E-state index is 11.6. The van der Waals surface area contributed by atoms with Crippen LogP contribution in [0.15, 0.2) is 24.3 Å². The summed E-state index contributed by atoms with van der Waals surface area (Å²) >= 11 is 0. The number of esters is 1. The monoisotopic (exact) mass is 267 g/mol. The Hall–Kier alpha value is -1.75. The fourth-order valence-electron chi connectivity index (χ4n) is 1.51. The molecule has 0 aliphatic carbocycles. The predicted molar refractivity (Wildman–Crippen MR) is 72.6 cm³/mol. The second-order valence-electron chi connectivity index (χ2n) is 3.81. The number of ether oxygens (including phenoxy) is 3. The van der Waals surface area contributed by atoms with Gasteiger partial charge in [-0.3, -0.25) is 4.79 Å².